The summed E-state index contributed by atoms with van der Waals surface area (Å²) < 4.78 is 11.6. The van der Waals surface area contributed by atoms with Gasteiger partial charge in [-0.3, -0.25) is 4.98 Å². The van der Waals surface area contributed by atoms with Crippen molar-refractivity contribution < 1.29 is 9.47 Å². The largest absolute Gasteiger partial charge is 0.353 e. The van der Waals surface area contributed by atoms with Crippen LogP contribution in [-0.4, -0.2) is 17.9 Å². The molecule has 0 amide bonds. The van der Waals surface area contributed by atoms with Gasteiger partial charge in [-0.15, -0.1) is 0 Å². The molecular weight excluding hydrogens is 462 g/mol. The molecule has 2 atom stereocenters. The molecule has 1 aliphatic heterocycles. The highest BCUT2D eigenvalue weighted by molar-refractivity contribution is 9.08. The molecule has 3 nitrogen and oxygen atoms in total. The molecule has 0 radical (unpaired) electrons. The van der Waals surface area contributed by atoms with Crippen molar-refractivity contribution in [3.05, 3.63) is 65.4 Å². The second-order valence-electron chi connectivity index (χ2n) is 9.41. The minimum absolute atomic E-state index is 0.0500. The molecule has 4 heteroatoms. The maximum Gasteiger partial charge on any atom is 0.158 e. The van der Waals surface area contributed by atoms with Crippen molar-refractivity contribution in [3.8, 4) is 11.1 Å². The zero-order valence-corrected chi connectivity index (χ0v) is 21.0. The zero-order valence-electron chi connectivity index (χ0n) is 19.4. The molecule has 0 N–H and O–H groups in total. The number of aromatic nitrogens is 1. The fraction of sp³-hybridized carbons (Fsp3) is 0.464. The van der Waals surface area contributed by atoms with Gasteiger partial charge < -0.3 is 9.47 Å². The van der Waals surface area contributed by atoms with Crippen LogP contribution < -0.4 is 0 Å². The Hall–Kier alpha value is -1.75. The number of ether oxygens (including phenoxy) is 2. The Labute approximate surface area is 200 Å². The lowest BCUT2D eigenvalue weighted by Gasteiger charge is -2.22. The SMILES string of the molecule is CC(C)CC(C)c1ccc2cc(-c3ccc(COC4CCCCO4)cc3)cc(CBr)c2n1. The molecule has 0 aliphatic carbocycles. The van der Waals surface area contributed by atoms with Crippen molar-refractivity contribution in [2.75, 3.05) is 6.61 Å². The van der Waals surface area contributed by atoms with Crippen molar-refractivity contribution in [1.82, 2.24) is 4.98 Å². The van der Waals surface area contributed by atoms with E-state index >= 15 is 0 Å². The van der Waals surface area contributed by atoms with Crippen LogP contribution in [0.2, 0.25) is 0 Å². The first-order chi connectivity index (χ1) is 15.5. The summed E-state index contributed by atoms with van der Waals surface area (Å²) >= 11 is 3.69. The molecule has 0 bridgehead atoms. The molecule has 1 fully saturated rings. The molecule has 2 unspecified atom stereocenters. The predicted molar refractivity (Wildman–Crippen MR) is 136 cm³/mol. The Balaban J connectivity index is 1.53. The molecule has 170 valence electrons. The summed E-state index contributed by atoms with van der Waals surface area (Å²) in [5.74, 6) is 1.14. The normalized spacial score (nSPS) is 17.7. The average molecular weight is 496 g/mol. The van der Waals surface area contributed by atoms with E-state index in [9.17, 15) is 0 Å². The van der Waals surface area contributed by atoms with E-state index < -0.39 is 0 Å². The summed E-state index contributed by atoms with van der Waals surface area (Å²) in [5, 5.41) is 1.99. The highest BCUT2D eigenvalue weighted by Gasteiger charge is 2.15. The first kappa shape index (κ1) is 23.4. The van der Waals surface area contributed by atoms with Gasteiger partial charge in [-0.2, -0.15) is 0 Å². The monoisotopic (exact) mass is 495 g/mol. The van der Waals surface area contributed by atoms with Crippen LogP contribution in [0.4, 0.5) is 0 Å². The number of hydrogen-bond acceptors (Lipinski definition) is 3. The summed E-state index contributed by atoms with van der Waals surface area (Å²) in [6.45, 7) is 8.23. The molecule has 4 rings (SSSR count). The van der Waals surface area contributed by atoms with E-state index in [2.05, 4.69) is 85.2 Å². The zero-order chi connectivity index (χ0) is 22.5. The van der Waals surface area contributed by atoms with Crippen molar-refractivity contribution in [1.29, 1.82) is 0 Å². The Morgan fingerprint density at radius 3 is 2.53 bits per heavy atom. The Morgan fingerprint density at radius 1 is 1.03 bits per heavy atom. The van der Waals surface area contributed by atoms with Crippen LogP contribution in [0.3, 0.4) is 0 Å². The molecule has 32 heavy (non-hydrogen) atoms. The van der Waals surface area contributed by atoms with E-state index in [0.29, 0.717) is 18.4 Å². The summed E-state index contributed by atoms with van der Waals surface area (Å²) in [7, 11) is 0. The number of fused-ring (bicyclic) bond motifs is 1. The third-order valence-electron chi connectivity index (χ3n) is 6.23. The number of benzene rings is 2. The maximum atomic E-state index is 5.93. The van der Waals surface area contributed by atoms with E-state index in [-0.39, 0.29) is 6.29 Å². The topological polar surface area (TPSA) is 31.4 Å². The van der Waals surface area contributed by atoms with Gasteiger partial charge >= 0.3 is 0 Å². The maximum absolute atomic E-state index is 5.93. The van der Waals surface area contributed by atoms with E-state index in [1.165, 1.54) is 39.8 Å². The van der Waals surface area contributed by atoms with Crippen molar-refractivity contribution in [3.63, 3.8) is 0 Å². The van der Waals surface area contributed by atoms with E-state index in [4.69, 9.17) is 14.5 Å². The molecule has 1 aliphatic rings. The number of alkyl halides is 1. The van der Waals surface area contributed by atoms with Gasteiger partial charge in [-0.1, -0.05) is 67.0 Å². The van der Waals surface area contributed by atoms with Crippen molar-refractivity contribution in [2.24, 2.45) is 5.92 Å². The fourth-order valence-corrected chi connectivity index (χ4v) is 4.95. The Kier molecular flexibility index (Phi) is 7.98. The molecule has 0 saturated carbocycles. The first-order valence-corrected chi connectivity index (χ1v) is 13.0. The van der Waals surface area contributed by atoms with Crippen molar-refractivity contribution >= 4 is 26.8 Å². The number of rotatable bonds is 8. The number of nitrogens with zero attached hydrogens (tertiary/aromatic N) is 1. The highest BCUT2D eigenvalue weighted by Crippen LogP contribution is 2.31. The summed E-state index contributed by atoms with van der Waals surface area (Å²) in [6, 6.07) is 17.6. The standard InChI is InChI=1S/C28H34BrNO2/c1-19(2)14-20(3)26-12-11-23-15-24(16-25(17-29)28(23)30-26)22-9-7-21(8-10-22)18-32-27-6-4-5-13-31-27/h7-12,15-16,19-20,27H,4-6,13-14,17-18H2,1-3H3. The van der Waals surface area contributed by atoms with Gasteiger partial charge in [-0.25, -0.2) is 0 Å². The first-order valence-electron chi connectivity index (χ1n) is 11.9. The average Bonchev–Trinajstić information content (AvgIpc) is 2.82. The number of hydrogen-bond donors (Lipinski definition) is 0. The minimum Gasteiger partial charge on any atom is -0.353 e. The minimum atomic E-state index is -0.0500. The number of pyridine rings is 1. The fourth-order valence-electron chi connectivity index (χ4n) is 4.52. The molecule has 1 saturated heterocycles. The summed E-state index contributed by atoms with van der Waals surface area (Å²) in [5.41, 5.74) is 7.14. The van der Waals surface area contributed by atoms with Gasteiger partial charge in [-0.05, 0) is 78.0 Å². The van der Waals surface area contributed by atoms with E-state index in [0.717, 1.165) is 36.7 Å². The Bertz CT molecular complexity index is 1030. The molecular formula is C28H34BrNO2. The molecule has 3 aromatic rings. The van der Waals surface area contributed by atoms with Crippen LogP contribution >= 0.6 is 15.9 Å². The lowest BCUT2D eigenvalue weighted by Crippen LogP contribution is -2.21. The molecule has 1 aromatic heterocycles. The van der Waals surface area contributed by atoms with E-state index in [1.807, 2.05) is 0 Å². The molecule has 2 heterocycles. The third-order valence-corrected chi connectivity index (χ3v) is 6.83. The van der Waals surface area contributed by atoms with Crippen LogP contribution in [0, 0.1) is 5.92 Å². The van der Waals surface area contributed by atoms with Crippen LogP contribution in [0.1, 0.15) is 69.2 Å². The van der Waals surface area contributed by atoms with Gasteiger partial charge in [0, 0.05) is 23.0 Å². The van der Waals surface area contributed by atoms with Crippen LogP contribution in [0.5, 0.6) is 0 Å². The number of halogens is 1. The summed E-state index contributed by atoms with van der Waals surface area (Å²) in [4.78, 5) is 5.06. The van der Waals surface area contributed by atoms with Crippen LogP contribution in [0.25, 0.3) is 22.0 Å². The van der Waals surface area contributed by atoms with Gasteiger partial charge in [0.2, 0.25) is 0 Å². The van der Waals surface area contributed by atoms with Gasteiger partial charge in [0.1, 0.15) is 0 Å². The molecule has 2 aromatic carbocycles. The van der Waals surface area contributed by atoms with Crippen LogP contribution in [-0.2, 0) is 21.4 Å². The highest BCUT2D eigenvalue weighted by atomic mass is 79.9. The van der Waals surface area contributed by atoms with Gasteiger partial charge in [0.05, 0.1) is 12.1 Å². The second kappa shape index (κ2) is 10.9. The molecule has 0 spiro atoms. The predicted octanol–water partition coefficient (Wildman–Crippen LogP) is 7.99. The summed E-state index contributed by atoms with van der Waals surface area (Å²) in [6.07, 6.45) is 4.43. The van der Waals surface area contributed by atoms with Crippen LogP contribution in [0.15, 0.2) is 48.5 Å². The van der Waals surface area contributed by atoms with Gasteiger partial charge in [0.25, 0.3) is 0 Å². The van der Waals surface area contributed by atoms with E-state index in [1.54, 1.807) is 0 Å². The second-order valence-corrected chi connectivity index (χ2v) is 9.97. The lowest BCUT2D eigenvalue weighted by molar-refractivity contribution is -0.168. The Morgan fingerprint density at radius 2 is 1.84 bits per heavy atom. The lowest BCUT2D eigenvalue weighted by atomic mass is 9.94. The third kappa shape index (κ3) is 5.78. The smallest absolute Gasteiger partial charge is 0.158 e. The van der Waals surface area contributed by atoms with Crippen molar-refractivity contribution in [2.45, 2.75) is 70.6 Å². The quantitative estimate of drug-likeness (QED) is 0.296. The van der Waals surface area contributed by atoms with Gasteiger partial charge in [0.15, 0.2) is 6.29 Å².